The number of nitrogens with zero attached hydrogens (tertiary/aromatic N) is 3. The van der Waals surface area contributed by atoms with E-state index < -0.39 is 0 Å². The molecule has 0 spiro atoms. The molecule has 1 atom stereocenters. The summed E-state index contributed by atoms with van der Waals surface area (Å²) in [4.78, 5) is 9.55. The van der Waals surface area contributed by atoms with E-state index >= 15 is 0 Å². The van der Waals surface area contributed by atoms with Crippen LogP contribution >= 0.6 is 0 Å². The number of hydrogen-bond donors (Lipinski definition) is 1. The van der Waals surface area contributed by atoms with E-state index in [1.807, 2.05) is 43.4 Å². The normalized spacial score (nSPS) is 19.6. The zero-order valence-electron chi connectivity index (χ0n) is 18.7. The molecule has 6 nitrogen and oxygen atoms in total. The lowest BCUT2D eigenvalue weighted by molar-refractivity contribution is 0.281. The highest BCUT2D eigenvalue weighted by Crippen LogP contribution is 2.30. The summed E-state index contributed by atoms with van der Waals surface area (Å²) in [5.41, 5.74) is 1.20. The average Bonchev–Trinajstić information content (AvgIpc) is 3.49. The molecule has 0 radical (unpaired) electrons. The Hall–Kier alpha value is -2.73. The molecule has 1 N–H and O–H groups in total. The lowest BCUT2D eigenvalue weighted by atomic mass is 10.1. The quantitative estimate of drug-likeness (QED) is 0.540. The van der Waals surface area contributed by atoms with Crippen molar-refractivity contribution < 1.29 is 9.47 Å². The van der Waals surface area contributed by atoms with Crippen molar-refractivity contribution in [1.82, 2.24) is 15.1 Å². The summed E-state index contributed by atoms with van der Waals surface area (Å²) in [5, 5.41) is 3.53. The average molecular weight is 423 g/mol. The summed E-state index contributed by atoms with van der Waals surface area (Å²) >= 11 is 0. The van der Waals surface area contributed by atoms with Crippen LogP contribution in [0.2, 0.25) is 0 Å². The van der Waals surface area contributed by atoms with Crippen molar-refractivity contribution in [2.24, 2.45) is 10.9 Å². The Morgan fingerprint density at radius 1 is 1.03 bits per heavy atom. The first-order valence-corrected chi connectivity index (χ1v) is 11.3. The standard InChI is InChI=1S/C25H34N4O2/c1-26-25(29-16-13-21(19-29)18-28-14-5-6-15-28)27-17-20-9-11-22(12-10-20)31-24-8-4-3-7-23(24)30-2/h3-4,7-12,21H,5-6,13-19H2,1-2H3,(H,26,27). The van der Waals surface area contributed by atoms with Crippen molar-refractivity contribution >= 4 is 5.96 Å². The molecule has 2 saturated heterocycles. The Morgan fingerprint density at radius 2 is 1.77 bits per heavy atom. The number of aliphatic imine (C=N–C) groups is 1. The zero-order chi connectivity index (χ0) is 21.5. The van der Waals surface area contributed by atoms with Gasteiger partial charge in [0.05, 0.1) is 7.11 Å². The van der Waals surface area contributed by atoms with E-state index in [0.29, 0.717) is 5.75 Å². The van der Waals surface area contributed by atoms with Crippen LogP contribution in [0.5, 0.6) is 17.2 Å². The molecule has 2 aliphatic heterocycles. The molecule has 0 aliphatic carbocycles. The lowest BCUT2D eigenvalue weighted by Gasteiger charge is -2.23. The number of ether oxygens (including phenoxy) is 2. The van der Waals surface area contributed by atoms with Crippen LogP contribution in [0.15, 0.2) is 53.5 Å². The Morgan fingerprint density at radius 3 is 2.48 bits per heavy atom. The maximum absolute atomic E-state index is 5.97. The monoisotopic (exact) mass is 422 g/mol. The van der Waals surface area contributed by atoms with Gasteiger partial charge in [-0.3, -0.25) is 4.99 Å². The van der Waals surface area contributed by atoms with Crippen LogP contribution < -0.4 is 14.8 Å². The summed E-state index contributed by atoms with van der Waals surface area (Å²) in [6, 6.07) is 15.8. The van der Waals surface area contributed by atoms with E-state index in [0.717, 1.165) is 43.0 Å². The van der Waals surface area contributed by atoms with Gasteiger partial charge in [0, 0.05) is 33.2 Å². The maximum Gasteiger partial charge on any atom is 0.193 e. The van der Waals surface area contributed by atoms with Crippen LogP contribution in [0.3, 0.4) is 0 Å². The molecule has 31 heavy (non-hydrogen) atoms. The number of likely N-dealkylation sites (tertiary alicyclic amines) is 2. The molecule has 2 aromatic rings. The van der Waals surface area contributed by atoms with Gasteiger partial charge in [0.1, 0.15) is 5.75 Å². The van der Waals surface area contributed by atoms with E-state index in [4.69, 9.17) is 9.47 Å². The second-order valence-corrected chi connectivity index (χ2v) is 8.41. The van der Waals surface area contributed by atoms with Gasteiger partial charge in [-0.15, -0.1) is 0 Å². The fourth-order valence-electron chi connectivity index (χ4n) is 4.52. The summed E-state index contributed by atoms with van der Waals surface area (Å²) in [6.45, 7) is 6.72. The third-order valence-electron chi connectivity index (χ3n) is 6.18. The molecule has 2 aromatic carbocycles. The summed E-state index contributed by atoms with van der Waals surface area (Å²) in [7, 11) is 3.53. The van der Waals surface area contributed by atoms with Gasteiger partial charge in [-0.2, -0.15) is 0 Å². The predicted molar refractivity (Wildman–Crippen MR) is 125 cm³/mol. The summed E-state index contributed by atoms with van der Waals surface area (Å²) < 4.78 is 11.3. The van der Waals surface area contributed by atoms with E-state index in [9.17, 15) is 0 Å². The van der Waals surface area contributed by atoms with Gasteiger partial charge in [0.25, 0.3) is 0 Å². The molecule has 2 fully saturated rings. The van der Waals surface area contributed by atoms with E-state index in [-0.39, 0.29) is 0 Å². The first kappa shape index (κ1) is 21.5. The van der Waals surface area contributed by atoms with Gasteiger partial charge in [-0.25, -0.2) is 0 Å². The van der Waals surface area contributed by atoms with Crippen molar-refractivity contribution in [3.8, 4) is 17.2 Å². The topological polar surface area (TPSA) is 49.3 Å². The molecule has 0 saturated carbocycles. The van der Waals surface area contributed by atoms with Gasteiger partial charge >= 0.3 is 0 Å². The molecule has 1 unspecified atom stereocenters. The first-order chi connectivity index (χ1) is 15.2. The van der Waals surface area contributed by atoms with E-state index in [1.54, 1.807) is 7.11 Å². The fraction of sp³-hybridized carbons (Fsp3) is 0.480. The SMILES string of the molecule is CN=C(NCc1ccc(Oc2ccccc2OC)cc1)N1CCC(CN2CCCC2)C1. The smallest absolute Gasteiger partial charge is 0.193 e. The number of nitrogens with one attached hydrogen (secondary N) is 1. The highest BCUT2D eigenvalue weighted by molar-refractivity contribution is 5.80. The molecule has 0 bridgehead atoms. The third kappa shape index (κ3) is 5.70. The van der Waals surface area contributed by atoms with Crippen molar-refractivity contribution in [2.75, 3.05) is 46.9 Å². The van der Waals surface area contributed by atoms with Crippen molar-refractivity contribution in [2.45, 2.75) is 25.8 Å². The molecule has 2 aliphatic rings. The van der Waals surface area contributed by atoms with Crippen LogP contribution in [0.4, 0.5) is 0 Å². The first-order valence-electron chi connectivity index (χ1n) is 11.3. The number of methoxy groups -OCH3 is 1. The van der Waals surface area contributed by atoms with Crippen molar-refractivity contribution in [1.29, 1.82) is 0 Å². The molecule has 2 heterocycles. The number of hydrogen-bond acceptors (Lipinski definition) is 4. The largest absolute Gasteiger partial charge is 0.493 e. The minimum Gasteiger partial charge on any atom is -0.493 e. The third-order valence-corrected chi connectivity index (χ3v) is 6.18. The summed E-state index contributed by atoms with van der Waals surface area (Å²) in [5.74, 6) is 3.99. The van der Waals surface area contributed by atoms with Crippen molar-refractivity contribution in [3.63, 3.8) is 0 Å². The number of rotatable bonds is 7. The second-order valence-electron chi connectivity index (χ2n) is 8.41. The molecule has 6 heteroatoms. The van der Waals surface area contributed by atoms with Crippen LogP contribution in [0, 0.1) is 5.92 Å². The second kappa shape index (κ2) is 10.5. The number of benzene rings is 2. The van der Waals surface area contributed by atoms with Gasteiger partial charge in [-0.05, 0) is 68.1 Å². The predicted octanol–water partition coefficient (Wildman–Crippen LogP) is 3.98. The zero-order valence-corrected chi connectivity index (χ0v) is 18.7. The molecule has 166 valence electrons. The van der Waals surface area contributed by atoms with E-state index in [1.165, 1.54) is 44.5 Å². The van der Waals surface area contributed by atoms with Gasteiger partial charge in [0.2, 0.25) is 0 Å². The van der Waals surface area contributed by atoms with Crippen LogP contribution in [0.1, 0.15) is 24.8 Å². The Bertz CT molecular complexity index is 862. The Labute approximate surface area is 185 Å². The highest BCUT2D eigenvalue weighted by atomic mass is 16.5. The Kier molecular flexibility index (Phi) is 7.30. The highest BCUT2D eigenvalue weighted by Gasteiger charge is 2.27. The van der Waals surface area contributed by atoms with E-state index in [2.05, 4.69) is 32.2 Å². The molecule has 4 rings (SSSR count). The lowest BCUT2D eigenvalue weighted by Crippen LogP contribution is -2.40. The van der Waals surface area contributed by atoms with Gasteiger partial charge in [-0.1, -0.05) is 24.3 Å². The number of para-hydroxylation sites is 2. The van der Waals surface area contributed by atoms with Crippen LogP contribution in [-0.4, -0.2) is 62.6 Å². The van der Waals surface area contributed by atoms with Gasteiger partial charge < -0.3 is 24.6 Å². The minimum atomic E-state index is 0.716. The molecule has 0 aromatic heterocycles. The molecular weight excluding hydrogens is 388 g/mol. The molecular formula is C25H34N4O2. The minimum absolute atomic E-state index is 0.716. The molecule has 0 amide bonds. The van der Waals surface area contributed by atoms with Crippen LogP contribution in [0.25, 0.3) is 0 Å². The van der Waals surface area contributed by atoms with Gasteiger partial charge in [0.15, 0.2) is 17.5 Å². The van der Waals surface area contributed by atoms with Crippen LogP contribution in [-0.2, 0) is 6.54 Å². The Balaban J connectivity index is 1.27. The fourth-order valence-corrected chi connectivity index (χ4v) is 4.52. The summed E-state index contributed by atoms with van der Waals surface area (Å²) in [6.07, 6.45) is 3.98. The number of guanidine groups is 1. The maximum atomic E-state index is 5.97. The van der Waals surface area contributed by atoms with Crippen molar-refractivity contribution in [3.05, 3.63) is 54.1 Å².